The second-order valence-electron chi connectivity index (χ2n) is 9.96. The highest BCUT2D eigenvalue weighted by molar-refractivity contribution is 5.97. The number of hydrogen-bond donors (Lipinski definition) is 3. The van der Waals surface area contributed by atoms with Crippen molar-refractivity contribution in [3.63, 3.8) is 0 Å². The van der Waals surface area contributed by atoms with Crippen LogP contribution in [0.15, 0.2) is 49.6 Å². The lowest BCUT2D eigenvalue weighted by Crippen LogP contribution is -2.44. The SMILES string of the molecule is C=CCCc1cc(C)nc(OC)c1CNC(=O)c1cccc(N(CC)C2CCC(NC(=O)O)CC2)c1CC=C. The Bertz CT molecular complexity index is 1170. The summed E-state index contributed by atoms with van der Waals surface area (Å²) in [5.74, 6) is 0.371. The van der Waals surface area contributed by atoms with Gasteiger partial charge in [-0.1, -0.05) is 18.2 Å². The van der Waals surface area contributed by atoms with E-state index in [4.69, 9.17) is 9.84 Å². The number of allylic oxidation sites excluding steroid dienone is 2. The number of aryl methyl sites for hydroxylation is 2. The van der Waals surface area contributed by atoms with Gasteiger partial charge >= 0.3 is 6.09 Å². The number of benzene rings is 1. The van der Waals surface area contributed by atoms with Crippen LogP contribution in [-0.4, -0.2) is 47.8 Å². The fourth-order valence-electron chi connectivity index (χ4n) is 5.59. The summed E-state index contributed by atoms with van der Waals surface area (Å²) in [4.78, 5) is 31.5. The minimum absolute atomic E-state index is 0.00756. The molecule has 1 aromatic heterocycles. The van der Waals surface area contributed by atoms with Crippen molar-refractivity contribution in [3.8, 4) is 5.88 Å². The van der Waals surface area contributed by atoms with Gasteiger partial charge in [0.05, 0.1) is 7.11 Å². The van der Waals surface area contributed by atoms with Gasteiger partial charge in [0, 0.05) is 47.7 Å². The van der Waals surface area contributed by atoms with Crippen molar-refractivity contribution in [1.82, 2.24) is 15.6 Å². The lowest BCUT2D eigenvalue weighted by molar-refractivity contribution is 0.0949. The molecule has 0 radical (unpaired) electrons. The third-order valence-electron chi connectivity index (χ3n) is 7.40. The highest BCUT2D eigenvalue weighted by Crippen LogP contribution is 2.32. The number of carbonyl (C=O) groups excluding carboxylic acids is 1. The number of pyridine rings is 1. The van der Waals surface area contributed by atoms with Crippen LogP contribution in [0.3, 0.4) is 0 Å². The molecular formula is C31H42N4O4. The number of ether oxygens (including phenoxy) is 1. The van der Waals surface area contributed by atoms with Crippen LogP contribution in [0.2, 0.25) is 0 Å². The number of methoxy groups -OCH3 is 1. The Hall–Kier alpha value is -3.81. The minimum Gasteiger partial charge on any atom is -0.481 e. The van der Waals surface area contributed by atoms with Crippen LogP contribution in [0.5, 0.6) is 5.88 Å². The van der Waals surface area contributed by atoms with Gasteiger partial charge in [-0.3, -0.25) is 4.79 Å². The van der Waals surface area contributed by atoms with Crippen molar-refractivity contribution in [2.75, 3.05) is 18.6 Å². The number of rotatable bonds is 13. The van der Waals surface area contributed by atoms with Gasteiger partial charge in [0.1, 0.15) is 0 Å². The Morgan fingerprint density at radius 3 is 2.54 bits per heavy atom. The zero-order chi connectivity index (χ0) is 28.4. The average molecular weight is 535 g/mol. The van der Waals surface area contributed by atoms with E-state index in [1.54, 1.807) is 7.11 Å². The summed E-state index contributed by atoms with van der Waals surface area (Å²) in [7, 11) is 1.60. The van der Waals surface area contributed by atoms with Crippen LogP contribution in [0.25, 0.3) is 0 Å². The molecule has 1 fully saturated rings. The monoisotopic (exact) mass is 534 g/mol. The first-order valence-electron chi connectivity index (χ1n) is 13.7. The number of nitrogens with zero attached hydrogens (tertiary/aromatic N) is 2. The second-order valence-corrected chi connectivity index (χ2v) is 9.96. The zero-order valence-corrected chi connectivity index (χ0v) is 23.5. The molecule has 1 aliphatic rings. The van der Waals surface area contributed by atoms with E-state index in [1.807, 2.05) is 37.3 Å². The summed E-state index contributed by atoms with van der Waals surface area (Å²) in [5.41, 5.74) is 5.43. The summed E-state index contributed by atoms with van der Waals surface area (Å²) >= 11 is 0. The maximum absolute atomic E-state index is 13.6. The van der Waals surface area contributed by atoms with Crippen LogP contribution < -0.4 is 20.3 Å². The maximum Gasteiger partial charge on any atom is 0.404 e. The molecule has 0 unspecified atom stereocenters. The van der Waals surface area contributed by atoms with Gasteiger partial charge < -0.3 is 25.4 Å². The molecule has 3 rings (SSSR count). The highest BCUT2D eigenvalue weighted by atomic mass is 16.5. The van der Waals surface area contributed by atoms with Crippen LogP contribution in [-0.2, 0) is 19.4 Å². The molecule has 8 heteroatoms. The molecule has 0 spiro atoms. The fraction of sp³-hybridized carbons (Fsp3) is 0.452. The van der Waals surface area contributed by atoms with Crippen LogP contribution in [0.1, 0.15) is 71.8 Å². The molecule has 0 saturated heterocycles. The molecule has 39 heavy (non-hydrogen) atoms. The van der Waals surface area contributed by atoms with Gasteiger partial charge in [0.25, 0.3) is 5.91 Å². The number of amides is 2. The predicted molar refractivity (Wildman–Crippen MR) is 156 cm³/mol. The largest absolute Gasteiger partial charge is 0.481 e. The molecule has 0 aliphatic heterocycles. The lowest BCUT2D eigenvalue weighted by Gasteiger charge is -2.39. The van der Waals surface area contributed by atoms with E-state index in [-0.39, 0.29) is 18.0 Å². The van der Waals surface area contributed by atoms with Gasteiger partial charge in [-0.25, -0.2) is 9.78 Å². The Labute approximate surface area is 232 Å². The first-order chi connectivity index (χ1) is 18.8. The molecule has 1 aliphatic carbocycles. The maximum atomic E-state index is 13.6. The van der Waals surface area contributed by atoms with Crippen LogP contribution >= 0.6 is 0 Å². The molecule has 3 N–H and O–H groups in total. The van der Waals surface area contributed by atoms with E-state index >= 15 is 0 Å². The molecule has 1 saturated carbocycles. The lowest BCUT2D eigenvalue weighted by atomic mass is 9.89. The average Bonchev–Trinajstić information content (AvgIpc) is 2.92. The standard InChI is InChI=1S/C31H42N4O4/c1-6-9-12-22-19-21(4)33-30(39-5)27(22)20-32-29(36)26-13-10-14-28(25(26)11-7-2)35(8-3)24-17-15-23(16-18-24)34-31(37)38/h6-7,10,13-14,19,23-24,34H,1-2,8-9,11-12,15-18,20H2,3-5H3,(H,32,36)(H,37,38). The van der Waals surface area contributed by atoms with Gasteiger partial charge in [0.2, 0.25) is 5.88 Å². The molecular weight excluding hydrogens is 492 g/mol. The third kappa shape index (κ3) is 7.62. The molecule has 8 nitrogen and oxygen atoms in total. The van der Waals surface area contributed by atoms with E-state index in [9.17, 15) is 9.59 Å². The first kappa shape index (κ1) is 29.7. The Kier molecular flexibility index (Phi) is 11.0. The summed E-state index contributed by atoms with van der Waals surface area (Å²) in [6, 6.07) is 8.17. The Morgan fingerprint density at radius 2 is 1.92 bits per heavy atom. The normalized spacial score (nSPS) is 16.7. The number of hydrogen-bond acceptors (Lipinski definition) is 5. The molecule has 1 aromatic carbocycles. The van der Waals surface area contributed by atoms with Gasteiger partial charge in [-0.15, -0.1) is 13.2 Å². The minimum atomic E-state index is -0.968. The van der Waals surface area contributed by atoms with Gasteiger partial charge in [-0.2, -0.15) is 0 Å². The van der Waals surface area contributed by atoms with Crippen molar-refractivity contribution >= 4 is 17.7 Å². The first-order valence-corrected chi connectivity index (χ1v) is 13.7. The van der Waals surface area contributed by atoms with Crippen molar-refractivity contribution in [2.24, 2.45) is 0 Å². The Morgan fingerprint density at radius 1 is 1.18 bits per heavy atom. The summed E-state index contributed by atoms with van der Waals surface area (Å²) in [6.07, 6.45) is 8.28. The number of carbonyl (C=O) groups is 2. The zero-order valence-electron chi connectivity index (χ0n) is 23.5. The molecule has 2 aromatic rings. The van der Waals surface area contributed by atoms with Gasteiger partial charge in [-0.05, 0) is 88.1 Å². The number of nitrogens with one attached hydrogen (secondary N) is 2. The van der Waals surface area contributed by atoms with E-state index in [2.05, 4.69) is 46.7 Å². The molecule has 210 valence electrons. The summed E-state index contributed by atoms with van der Waals surface area (Å²) < 4.78 is 5.56. The van der Waals surface area contributed by atoms with Crippen molar-refractivity contribution in [3.05, 3.63) is 77.5 Å². The number of aromatic nitrogens is 1. The van der Waals surface area contributed by atoms with Crippen molar-refractivity contribution < 1.29 is 19.4 Å². The van der Waals surface area contributed by atoms with E-state index in [1.165, 1.54) is 0 Å². The van der Waals surface area contributed by atoms with E-state index < -0.39 is 6.09 Å². The molecule has 2 amide bonds. The topological polar surface area (TPSA) is 104 Å². The number of carboxylic acid groups (broad SMARTS) is 1. The fourth-order valence-corrected chi connectivity index (χ4v) is 5.59. The van der Waals surface area contributed by atoms with Crippen LogP contribution in [0.4, 0.5) is 10.5 Å². The van der Waals surface area contributed by atoms with E-state index in [0.717, 1.165) is 73.1 Å². The van der Waals surface area contributed by atoms with Crippen molar-refractivity contribution in [1.29, 1.82) is 0 Å². The third-order valence-corrected chi connectivity index (χ3v) is 7.40. The van der Waals surface area contributed by atoms with Crippen molar-refractivity contribution in [2.45, 2.75) is 77.4 Å². The summed E-state index contributed by atoms with van der Waals surface area (Å²) in [6.45, 7) is 12.9. The van der Waals surface area contributed by atoms with Crippen LogP contribution in [0, 0.1) is 6.92 Å². The number of anilines is 1. The molecule has 1 heterocycles. The Balaban J connectivity index is 1.85. The highest BCUT2D eigenvalue weighted by Gasteiger charge is 2.28. The second kappa shape index (κ2) is 14.4. The smallest absolute Gasteiger partial charge is 0.404 e. The quantitative estimate of drug-likeness (QED) is 0.290. The predicted octanol–water partition coefficient (Wildman–Crippen LogP) is 5.58. The molecule has 0 bridgehead atoms. The van der Waals surface area contributed by atoms with Gasteiger partial charge in [0.15, 0.2) is 0 Å². The molecule has 0 atom stereocenters. The summed E-state index contributed by atoms with van der Waals surface area (Å²) in [5, 5.41) is 14.8. The van der Waals surface area contributed by atoms with E-state index in [0.29, 0.717) is 24.4 Å².